The van der Waals surface area contributed by atoms with Crippen molar-refractivity contribution >= 4 is 34.3 Å². The van der Waals surface area contributed by atoms with E-state index in [1.807, 2.05) is 42.1 Å². The van der Waals surface area contributed by atoms with Crippen molar-refractivity contribution in [2.45, 2.75) is 19.0 Å². The molecule has 182 valence electrons. The van der Waals surface area contributed by atoms with Crippen LogP contribution in [0.15, 0.2) is 48.9 Å². The van der Waals surface area contributed by atoms with Crippen LogP contribution >= 0.6 is 0 Å². The lowest BCUT2D eigenvalue weighted by molar-refractivity contribution is 0.0966. The first-order valence-electron chi connectivity index (χ1n) is 12.5. The van der Waals surface area contributed by atoms with Gasteiger partial charge in [0.2, 0.25) is 0 Å². The Balaban J connectivity index is 1.24. The molecule has 4 aromatic rings. The highest BCUT2D eigenvalue weighted by Gasteiger charge is 2.40. The molecule has 3 aliphatic rings. The number of fused-ring (bicyclic) bond motifs is 3. The number of anilines is 3. The van der Waals surface area contributed by atoms with Crippen molar-refractivity contribution in [2.24, 2.45) is 13.0 Å². The number of carbonyl (C=O) groups is 1. The number of hydrogen-bond donors (Lipinski definition) is 2. The summed E-state index contributed by atoms with van der Waals surface area (Å²) in [6.07, 6.45) is 6.74. The number of nitrogens with zero attached hydrogens (tertiary/aromatic N) is 6. The van der Waals surface area contributed by atoms with Crippen LogP contribution in [-0.4, -0.2) is 63.0 Å². The molecule has 3 aliphatic heterocycles. The minimum Gasteiger partial charge on any atom is -0.352 e. The van der Waals surface area contributed by atoms with Crippen molar-refractivity contribution in [1.29, 1.82) is 0 Å². The molecule has 0 bridgehead atoms. The lowest BCUT2D eigenvalue weighted by atomic mass is 10.0. The van der Waals surface area contributed by atoms with E-state index in [2.05, 4.69) is 38.5 Å². The highest BCUT2D eigenvalue weighted by atomic mass is 16.1. The molecule has 36 heavy (non-hydrogen) atoms. The van der Waals surface area contributed by atoms with E-state index in [4.69, 9.17) is 9.97 Å². The molecule has 7 rings (SSSR count). The number of likely N-dealkylation sites (tertiary alicyclic amines) is 1. The van der Waals surface area contributed by atoms with E-state index in [0.29, 0.717) is 35.6 Å². The topological polar surface area (TPSA) is 91.2 Å². The van der Waals surface area contributed by atoms with Gasteiger partial charge in [-0.05, 0) is 43.7 Å². The fourth-order valence-electron chi connectivity index (χ4n) is 6.19. The van der Waals surface area contributed by atoms with Gasteiger partial charge in [-0.25, -0.2) is 9.97 Å². The van der Waals surface area contributed by atoms with Crippen LogP contribution in [0.4, 0.5) is 17.3 Å². The number of pyridine rings is 3. The molecule has 0 saturated carbocycles. The molecule has 2 N–H and O–H groups in total. The lowest BCUT2D eigenvalue weighted by Gasteiger charge is -2.25. The van der Waals surface area contributed by atoms with Crippen LogP contribution < -0.4 is 15.5 Å². The summed E-state index contributed by atoms with van der Waals surface area (Å²) >= 11 is 0. The number of aryl methyl sites for hydroxylation is 1. The summed E-state index contributed by atoms with van der Waals surface area (Å²) in [6.45, 7) is 3.71. The number of carbonyl (C=O) groups excluding carboxylic acids is 1. The molecule has 0 aliphatic carbocycles. The highest BCUT2D eigenvalue weighted by Crippen LogP contribution is 2.37. The van der Waals surface area contributed by atoms with Gasteiger partial charge >= 0.3 is 0 Å². The van der Waals surface area contributed by atoms with Crippen LogP contribution in [0.5, 0.6) is 0 Å². The summed E-state index contributed by atoms with van der Waals surface area (Å²) in [5, 5.41) is 7.41. The second kappa shape index (κ2) is 8.03. The van der Waals surface area contributed by atoms with Crippen molar-refractivity contribution in [2.75, 3.05) is 36.9 Å². The van der Waals surface area contributed by atoms with Crippen LogP contribution in [0, 0.1) is 5.92 Å². The monoisotopic (exact) mass is 480 g/mol. The van der Waals surface area contributed by atoms with Crippen LogP contribution in [0.25, 0.3) is 22.3 Å². The standard InChI is InChI=1S/C27H28N8O/c1-33-14-16-7-11-35(21(16)15-33)23-5-3-4-22(32-23)31-20-13-29-25(19-12-30-27(36)24(19)20)17-6-9-28-26-18(17)8-10-34(26)2/h3-6,8-10,13,16,21H,7,11-12,14-15H2,1-2H3,(H,30,36)(H,31,32)/t16-,21+/m0/s1. The van der Waals surface area contributed by atoms with E-state index in [0.717, 1.165) is 53.3 Å². The van der Waals surface area contributed by atoms with E-state index in [1.54, 1.807) is 12.4 Å². The Morgan fingerprint density at radius 1 is 1.11 bits per heavy atom. The molecule has 0 aromatic carbocycles. The minimum atomic E-state index is -0.0953. The fourth-order valence-corrected chi connectivity index (χ4v) is 6.19. The van der Waals surface area contributed by atoms with Crippen molar-refractivity contribution < 1.29 is 4.79 Å². The van der Waals surface area contributed by atoms with Gasteiger partial charge in [0, 0.05) is 68.2 Å². The Hall–Kier alpha value is -3.98. The van der Waals surface area contributed by atoms with Gasteiger partial charge in [-0.3, -0.25) is 9.78 Å². The molecule has 0 radical (unpaired) electrons. The maximum atomic E-state index is 12.9. The SMILES string of the molecule is CN1C[C@@H]2CCN(c3cccc(Nc4cnc(-c5ccnc6c5ccn6C)c5c4C(=O)NC5)n3)[C@@H]2C1. The summed E-state index contributed by atoms with van der Waals surface area (Å²) in [5.74, 6) is 2.31. The predicted octanol–water partition coefficient (Wildman–Crippen LogP) is 3.16. The second-order valence-corrected chi connectivity index (χ2v) is 10.1. The molecule has 0 unspecified atom stereocenters. The zero-order chi connectivity index (χ0) is 24.4. The first-order valence-corrected chi connectivity index (χ1v) is 12.5. The van der Waals surface area contributed by atoms with E-state index >= 15 is 0 Å². The van der Waals surface area contributed by atoms with Gasteiger partial charge in [0.05, 0.1) is 23.1 Å². The third-order valence-electron chi connectivity index (χ3n) is 7.88. The summed E-state index contributed by atoms with van der Waals surface area (Å²) in [4.78, 5) is 32.0. The molecule has 7 heterocycles. The fraction of sp³-hybridized carbons (Fsp3) is 0.333. The van der Waals surface area contributed by atoms with Crippen LogP contribution in [0.2, 0.25) is 0 Å². The molecule has 2 saturated heterocycles. The zero-order valence-corrected chi connectivity index (χ0v) is 20.4. The molecule has 9 heteroatoms. The number of amides is 1. The van der Waals surface area contributed by atoms with Crippen molar-refractivity contribution in [1.82, 2.24) is 29.7 Å². The number of likely N-dealkylation sites (N-methyl/N-ethyl adjacent to an activating group) is 1. The van der Waals surface area contributed by atoms with Gasteiger partial charge in [-0.1, -0.05) is 6.07 Å². The van der Waals surface area contributed by atoms with Crippen LogP contribution in [-0.2, 0) is 13.6 Å². The molecule has 9 nitrogen and oxygen atoms in total. The Kier molecular flexibility index (Phi) is 4.75. The Bertz CT molecular complexity index is 1510. The van der Waals surface area contributed by atoms with E-state index in [-0.39, 0.29) is 5.91 Å². The molecular formula is C27H28N8O. The summed E-state index contributed by atoms with van der Waals surface area (Å²) < 4.78 is 1.99. The van der Waals surface area contributed by atoms with Gasteiger partial charge in [0.1, 0.15) is 17.3 Å². The molecule has 0 spiro atoms. The average Bonchev–Trinajstić information content (AvgIpc) is 3.64. The number of nitrogens with one attached hydrogen (secondary N) is 2. The molecule has 4 aromatic heterocycles. The Morgan fingerprint density at radius 3 is 2.94 bits per heavy atom. The number of aromatic nitrogens is 4. The summed E-state index contributed by atoms with van der Waals surface area (Å²) in [7, 11) is 4.17. The third kappa shape index (κ3) is 3.26. The van der Waals surface area contributed by atoms with Crippen molar-refractivity contribution in [3.8, 4) is 11.3 Å². The van der Waals surface area contributed by atoms with Gasteiger partial charge in [-0.2, -0.15) is 0 Å². The molecule has 2 atom stereocenters. The van der Waals surface area contributed by atoms with Crippen LogP contribution in [0.1, 0.15) is 22.3 Å². The number of hydrogen-bond acceptors (Lipinski definition) is 7. The second-order valence-electron chi connectivity index (χ2n) is 10.1. The minimum absolute atomic E-state index is 0.0953. The zero-order valence-electron chi connectivity index (χ0n) is 20.4. The van der Waals surface area contributed by atoms with E-state index in [9.17, 15) is 4.79 Å². The van der Waals surface area contributed by atoms with Gasteiger partial charge in [0.15, 0.2) is 0 Å². The van der Waals surface area contributed by atoms with Gasteiger partial charge in [0.25, 0.3) is 5.91 Å². The van der Waals surface area contributed by atoms with E-state index in [1.165, 1.54) is 6.42 Å². The maximum Gasteiger partial charge on any atom is 0.254 e. The molecule has 1 amide bonds. The van der Waals surface area contributed by atoms with Gasteiger partial charge in [-0.15, -0.1) is 0 Å². The Morgan fingerprint density at radius 2 is 2.03 bits per heavy atom. The highest BCUT2D eigenvalue weighted by molar-refractivity contribution is 6.06. The third-order valence-corrected chi connectivity index (χ3v) is 7.88. The molecular weight excluding hydrogens is 452 g/mol. The smallest absolute Gasteiger partial charge is 0.254 e. The first kappa shape index (κ1) is 21.3. The van der Waals surface area contributed by atoms with Crippen molar-refractivity contribution in [3.63, 3.8) is 0 Å². The Labute approximate surface area is 209 Å². The average molecular weight is 481 g/mol. The van der Waals surface area contributed by atoms with Crippen molar-refractivity contribution in [3.05, 3.63) is 60.0 Å². The quantitative estimate of drug-likeness (QED) is 0.464. The largest absolute Gasteiger partial charge is 0.352 e. The lowest BCUT2D eigenvalue weighted by Crippen LogP contribution is -2.35. The first-order chi connectivity index (χ1) is 17.6. The predicted molar refractivity (Wildman–Crippen MR) is 139 cm³/mol. The van der Waals surface area contributed by atoms with E-state index < -0.39 is 0 Å². The maximum absolute atomic E-state index is 12.9. The van der Waals surface area contributed by atoms with Gasteiger partial charge < -0.3 is 25.0 Å². The molecule has 2 fully saturated rings. The summed E-state index contributed by atoms with van der Waals surface area (Å²) in [6, 6.07) is 10.6. The van der Waals surface area contributed by atoms with Crippen LogP contribution in [0.3, 0.4) is 0 Å². The normalized spacial score (nSPS) is 21.2. The number of rotatable bonds is 4. The summed E-state index contributed by atoms with van der Waals surface area (Å²) in [5.41, 5.74) is 4.88.